The number of unbranched alkanes of at least 4 members (excludes halogenated alkanes) is 1. The van der Waals surface area contributed by atoms with Crippen LogP contribution >= 0.6 is 0 Å². The number of aromatic nitrogens is 2. The van der Waals surface area contributed by atoms with Crippen LogP contribution in [0, 0.1) is 5.92 Å². The maximum Gasteiger partial charge on any atom is 0.231 e. The number of benzene rings is 2. The maximum atomic E-state index is 13.0. The summed E-state index contributed by atoms with van der Waals surface area (Å²) in [5.41, 5.74) is 3.20. The molecule has 2 aliphatic heterocycles. The van der Waals surface area contributed by atoms with Crippen LogP contribution in [0.1, 0.15) is 38.2 Å². The van der Waals surface area contributed by atoms with Gasteiger partial charge in [-0.3, -0.25) is 4.79 Å². The van der Waals surface area contributed by atoms with Gasteiger partial charge in [0.15, 0.2) is 11.5 Å². The van der Waals surface area contributed by atoms with Crippen LogP contribution in [-0.4, -0.2) is 35.3 Å². The number of ether oxygens (including phenoxy) is 2. The van der Waals surface area contributed by atoms with Gasteiger partial charge in [0.25, 0.3) is 0 Å². The molecule has 0 saturated carbocycles. The zero-order valence-electron chi connectivity index (χ0n) is 18.5. The van der Waals surface area contributed by atoms with Crippen LogP contribution in [0.2, 0.25) is 0 Å². The number of nitrogens with zero attached hydrogens (tertiary/aromatic N) is 3. The molecule has 0 radical (unpaired) electrons. The van der Waals surface area contributed by atoms with Gasteiger partial charge >= 0.3 is 0 Å². The first-order valence-electron chi connectivity index (χ1n) is 11.6. The van der Waals surface area contributed by atoms with Crippen molar-refractivity contribution in [1.82, 2.24) is 14.9 Å². The molecule has 2 aliphatic rings. The zero-order chi connectivity index (χ0) is 21.9. The number of hydrogen-bond donors (Lipinski definition) is 1. The molecule has 1 aromatic heterocycles. The maximum absolute atomic E-state index is 13.0. The van der Waals surface area contributed by atoms with Crippen LogP contribution in [0.15, 0.2) is 42.5 Å². The molecule has 1 fully saturated rings. The average Bonchev–Trinajstić information content (AvgIpc) is 3.45. The van der Waals surface area contributed by atoms with Crippen molar-refractivity contribution < 1.29 is 14.3 Å². The van der Waals surface area contributed by atoms with Gasteiger partial charge in [0.05, 0.1) is 17.0 Å². The molecular formula is C25H30N4O3. The Kier molecular flexibility index (Phi) is 5.88. The van der Waals surface area contributed by atoms with Gasteiger partial charge in [-0.25, -0.2) is 4.98 Å². The molecular weight excluding hydrogens is 404 g/mol. The lowest BCUT2D eigenvalue weighted by Gasteiger charge is -2.33. The number of anilines is 1. The Morgan fingerprint density at radius 2 is 2.06 bits per heavy atom. The Morgan fingerprint density at radius 3 is 2.97 bits per heavy atom. The van der Waals surface area contributed by atoms with Gasteiger partial charge in [0.2, 0.25) is 18.6 Å². The number of imidazole rings is 1. The van der Waals surface area contributed by atoms with E-state index in [0.29, 0.717) is 13.1 Å². The molecule has 32 heavy (non-hydrogen) atoms. The number of piperidine rings is 1. The summed E-state index contributed by atoms with van der Waals surface area (Å²) in [6.45, 7) is 5.53. The van der Waals surface area contributed by atoms with Gasteiger partial charge in [0.1, 0.15) is 0 Å². The van der Waals surface area contributed by atoms with Gasteiger partial charge in [-0.05, 0) is 49.1 Å². The van der Waals surface area contributed by atoms with Gasteiger partial charge in [-0.1, -0.05) is 31.5 Å². The molecule has 0 aliphatic carbocycles. The molecule has 7 heteroatoms. The highest BCUT2D eigenvalue weighted by Crippen LogP contribution is 2.32. The van der Waals surface area contributed by atoms with E-state index in [0.717, 1.165) is 67.3 Å². The Bertz CT molecular complexity index is 1110. The van der Waals surface area contributed by atoms with Crippen LogP contribution in [0.25, 0.3) is 11.0 Å². The van der Waals surface area contributed by atoms with Gasteiger partial charge in [0, 0.05) is 26.2 Å². The first-order valence-corrected chi connectivity index (χ1v) is 11.6. The number of aryl methyl sites for hydroxylation is 1. The third-order valence-corrected chi connectivity index (χ3v) is 6.35. The number of nitrogens with one attached hydrogen (secondary N) is 1. The van der Waals surface area contributed by atoms with Gasteiger partial charge in [-0.2, -0.15) is 0 Å². The number of hydrogen-bond acceptors (Lipinski definition) is 5. The van der Waals surface area contributed by atoms with E-state index in [9.17, 15) is 4.79 Å². The van der Waals surface area contributed by atoms with Crippen molar-refractivity contribution in [2.24, 2.45) is 5.92 Å². The number of para-hydroxylation sites is 2. The summed E-state index contributed by atoms with van der Waals surface area (Å²) >= 11 is 0. The van der Waals surface area contributed by atoms with E-state index in [1.807, 2.05) is 24.3 Å². The van der Waals surface area contributed by atoms with E-state index in [4.69, 9.17) is 14.5 Å². The van der Waals surface area contributed by atoms with Crippen molar-refractivity contribution in [3.63, 3.8) is 0 Å². The second-order valence-corrected chi connectivity index (χ2v) is 8.60. The smallest absolute Gasteiger partial charge is 0.231 e. The molecule has 1 unspecified atom stereocenters. The van der Waals surface area contributed by atoms with Crippen molar-refractivity contribution in [2.75, 3.05) is 24.8 Å². The van der Waals surface area contributed by atoms with Gasteiger partial charge in [-0.15, -0.1) is 0 Å². The fourth-order valence-corrected chi connectivity index (χ4v) is 4.60. The predicted octanol–water partition coefficient (Wildman–Crippen LogP) is 4.10. The summed E-state index contributed by atoms with van der Waals surface area (Å²) in [5, 5.41) is 3.12. The minimum atomic E-state index is -0.0443. The number of carbonyl (C=O) groups excluding carboxylic acids is 1. The van der Waals surface area contributed by atoms with E-state index < -0.39 is 0 Å². The third-order valence-electron chi connectivity index (χ3n) is 6.35. The van der Waals surface area contributed by atoms with Crippen molar-refractivity contribution >= 4 is 22.9 Å². The lowest BCUT2D eigenvalue weighted by molar-refractivity contribution is -0.125. The second kappa shape index (κ2) is 9.10. The van der Waals surface area contributed by atoms with E-state index in [-0.39, 0.29) is 18.6 Å². The molecule has 1 N–H and O–H groups in total. The Balaban J connectivity index is 1.27. The molecule has 1 saturated heterocycles. The highest BCUT2D eigenvalue weighted by atomic mass is 16.7. The van der Waals surface area contributed by atoms with E-state index in [1.54, 1.807) is 0 Å². The minimum Gasteiger partial charge on any atom is -0.454 e. The summed E-state index contributed by atoms with van der Waals surface area (Å²) in [4.78, 5) is 20.2. The first-order chi connectivity index (χ1) is 15.7. The highest BCUT2D eigenvalue weighted by molar-refractivity contribution is 5.81. The van der Waals surface area contributed by atoms with Crippen molar-refractivity contribution in [2.45, 2.75) is 45.7 Å². The van der Waals surface area contributed by atoms with Crippen molar-refractivity contribution in [3.8, 4) is 11.5 Å². The lowest BCUT2D eigenvalue weighted by Crippen LogP contribution is -2.43. The number of rotatable bonds is 7. The molecule has 5 rings (SSSR count). The van der Waals surface area contributed by atoms with Crippen LogP contribution in [0.3, 0.4) is 0 Å². The normalized spacial score (nSPS) is 17.7. The lowest BCUT2D eigenvalue weighted by atomic mass is 9.97. The molecule has 3 aromatic rings. The summed E-state index contributed by atoms with van der Waals surface area (Å²) in [6, 6.07) is 14.1. The molecule has 1 atom stereocenters. The number of amides is 1. The molecule has 1 amide bonds. The van der Waals surface area contributed by atoms with Crippen LogP contribution in [0.5, 0.6) is 11.5 Å². The fourth-order valence-electron chi connectivity index (χ4n) is 4.60. The SMILES string of the molecule is CCCCn1c(N2CCCC(C(=O)NCc3ccc4c(c3)OCO4)C2)nc2ccccc21. The predicted molar refractivity (Wildman–Crippen MR) is 124 cm³/mol. The van der Waals surface area contributed by atoms with E-state index in [2.05, 4.69) is 39.9 Å². The summed E-state index contributed by atoms with van der Waals surface area (Å²) in [7, 11) is 0. The molecule has 0 bridgehead atoms. The zero-order valence-corrected chi connectivity index (χ0v) is 18.5. The number of carbonyl (C=O) groups is 1. The summed E-state index contributed by atoms with van der Waals surface area (Å²) < 4.78 is 13.1. The largest absolute Gasteiger partial charge is 0.454 e. The minimum absolute atomic E-state index is 0.0443. The number of fused-ring (bicyclic) bond motifs is 2. The highest BCUT2D eigenvalue weighted by Gasteiger charge is 2.28. The van der Waals surface area contributed by atoms with Crippen LogP contribution in [0.4, 0.5) is 5.95 Å². The van der Waals surface area contributed by atoms with E-state index in [1.165, 1.54) is 5.52 Å². The monoisotopic (exact) mass is 434 g/mol. The molecule has 2 aromatic carbocycles. The van der Waals surface area contributed by atoms with Crippen LogP contribution < -0.4 is 19.7 Å². The molecule has 3 heterocycles. The first kappa shape index (κ1) is 20.7. The third kappa shape index (κ3) is 4.11. The quantitative estimate of drug-likeness (QED) is 0.606. The van der Waals surface area contributed by atoms with Crippen molar-refractivity contribution in [3.05, 3.63) is 48.0 Å². The summed E-state index contributed by atoms with van der Waals surface area (Å²) in [5.74, 6) is 2.55. The average molecular weight is 435 g/mol. The summed E-state index contributed by atoms with van der Waals surface area (Å²) in [6.07, 6.45) is 4.13. The fraction of sp³-hybridized carbons (Fsp3) is 0.440. The molecule has 0 spiro atoms. The van der Waals surface area contributed by atoms with Gasteiger partial charge < -0.3 is 24.3 Å². The van der Waals surface area contributed by atoms with Crippen LogP contribution in [-0.2, 0) is 17.9 Å². The standard InChI is InChI=1S/C25H30N4O3/c1-2-3-13-29-21-9-5-4-8-20(21)27-25(29)28-12-6-7-19(16-28)24(30)26-15-18-10-11-22-23(14-18)32-17-31-22/h4-5,8-11,14,19H,2-3,6-7,12-13,15-17H2,1H3,(H,26,30). The Labute approximate surface area is 188 Å². The van der Waals surface area contributed by atoms with Crippen molar-refractivity contribution in [1.29, 1.82) is 0 Å². The van der Waals surface area contributed by atoms with E-state index >= 15 is 0 Å². The Morgan fingerprint density at radius 1 is 1.19 bits per heavy atom. The topological polar surface area (TPSA) is 68.6 Å². The molecule has 7 nitrogen and oxygen atoms in total. The second-order valence-electron chi connectivity index (χ2n) is 8.60. The Hall–Kier alpha value is -3.22. The molecule has 168 valence electrons.